The van der Waals surface area contributed by atoms with Crippen LogP contribution in [0.3, 0.4) is 0 Å². The van der Waals surface area contributed by atoms with Gasteiger partial charge in [-0.1, -0.05) is 18.2 Å². The molecule has 19 heavy (non-hydrogen) atoms. The summed E-state index contributed by atoms with van der Waals surface area (Å²) in [7, 11) is 0. The highest BCUT2D eigenvalue weighted by Gasteiger charge is 2.07. The predicted octanol–water partition coefficient (Wildman–Crippen LogP) is 3.02. The second-order valence-corrected chi connectivity index (χ2v) is 3.56. The predicted molar refractivity (Wildman–Crippen MR) is 79.5 cm³/mol. The second-order valence-electron chi connectivity index (χ2n) is 3.56. The lowest BCUT2D eigenvalue weighted by Crippen LogP contribution is -2.10. The highest BCUT2D eigenvalue weighted by Crippen LogP contribution is 2.26. The average molecular weight is 299 g/mol. The highest BCUT2D eigenvalue weighted by atomic mass is 35.5. The van der Waals surface area contributed by atoms with Gasteiger partial charge < -0.3 is 4.42 Å². The van der Waals surface area contributed by atoms with Crippen LogP contribution in [0.4, 0.5) is 5.95 Å². The molecule has 0 atom stereocenters. The zero-order valence-electron chi connectivity index (χ0n) is 9.74. The molecule has 100 valence electrons. The van der Waals surface area contributed by atoms with E-state index in [9.17, 15) is 0 Å². The van der Waals surface area contributed by atoms with E-state index in [0.717, 1.165) is 11.0 Å². The molecule has 0 aliphatic heterocycles. The molecule has 7 heteroatoms. The van der Waals surface area contributed by atoms with E-state index >= 15 is 0 Å². The van der Waals surface area contributed by atoms with Crippen LogP contribution in [0.15, 0.2) is 47.0 Å². The number of rotatable bonds is 2. The van der Waals surface area contributed by atoms with Gasteiger partial charge in [-0.05, 0) is 18.2 Å². The molecule has 0 radical (unpaired) electrons. The van der Waals surface area contributed by atoms with Crippen molar-refractivity contribution in [1.29, 1.82) is 0 Å². The monoisotopic (exact) mass is 298 g/mol. The molecule has 0 fully saturated rings. The quantitative estimate of drug-likeness (QED) is 0.562. The van der Waals surface area contributed by atoms with Crippen LogP contribution < -0.4 is 11.3 Å². The fourth-order valence-corrected chi connectivity index (χ4v) is 1.67. The van der Waals surface area contributed by atoms with Gasteiger partial charge >= 0.3 is 0 Å². The van der Waals surface area contributed by atoms with Gasteiger partial charge in [-0.2, -0.15) is 0 Å². The maximum atomic E-state index is 5.69. The third kappa shape index (κ3) is 2.96. The molecule has 3 N–H and O–H groups in total. The fraction of sp³-hybridized carbons (Fsp3) is 0. The number of aromatic nitrogens is 2. The maximum Gasteiger partial charge on any atom is 0.237 e. The number of para-hydroxylation sites is 1. The Morgan fingerprint density at radius 1 is 1.11 bits per heavy atom. The molecule has 0 amide bonds. The Labute approximate surface area is 122 Å². The summed E-state index contributed by atoms with van der Waals surface area (Å²) in [5, 5.41) is 1.04. The van der Waals surface area contributed by atoms with Gasteiger partial charge in [0.05, 0.1) is 0 Å². The van der Waals surface area contributed by atoms with Crippen molar-refractivity contribution in [3.63, 3.8) is 0 Å². The number of hydrazine groups is 1. The second kappa shape index (κ2) is 6.38. The Morgan fingerprint density at radius 2 is 1.89 bits per heavy atom. The van der Waals surface area contributed by atoms with Crippen molar-refractivity contribution in [3.8, 4) is 11.5 Å². The van der Waals surface area contributed by atoms with Crippen LogP contribution in [0.1, 0.15) is 0 Å². The van der Waals surface area contributed by atoms with E-state index in [1.165, 1.54) is 0 Å². The van der Waals surface area contributed by atoms with Crippen LogP contribution in [0.5, 0.6) is 0 Å². The SMILES string of the molecule is Cl.Cl.NNc1nccc(-c2cc3ccccc3o2)n1. The number of nitrogens with zero attached hydrogens (tertiary/aromatic N) is 2. The van der Waals surface area contributed by atoms with Crippen molar-refractivity contribution < 1.29 is 4.42 Å². The van der Waals surface area contributed by atoms with Crippen LogP contribution in [0.2, 0.25) is 0 Å². The molecule has 2 heterocycles. The van der Waals surface area contributed by atoms with E-state index in [-0.39, 0.29) is 24.8 Å². The van der Waals surface area contributed by atoms with Crippen molar-refractivity contribution >= 4 is 41.7 Å². The number of furan rings is 1. The van der Waals surface area contributed by atoms with E-state index in [1.807, 2.05) is 30.3 Å². The first kappa shape index (κ1) is 15.2. The van der Waals surface area contributed by atoms with Crippen molar-refractivity contribution in [2.24, 2.45) is 5.84 Å². The highest BCUT2D eigenvalue weighted by molar-refractivity contribution is 5.85. The number of hydrogen-bond acceptors (Lipinski definition) is 5. The molecule has 2 aromatic heterocycles. The van der Waals surface area contributed by atoms with Crippen molar-refractivity contribution in [2.45, 2.75) is 0 Å². The van der Waals surface area contributed by atoms with Gasteiger partial charge in [0.1, 0.15) is 11.3 Å². The Bertz CT molecular complexity index is 638. The number of nitrogens with one attached hydrogen (secondary N) is 1. The molecule has 5 nitrogen and oxygen atoms in total. The minimum atomic E-state index is 0. The summed E-state index contributed by atoms with van der Waals surface area (Å²) in [6.07, 6.45) is 1.63. The zero-order chi connectivity index (χ0) is 11.7. The standard InChI is InChI=1S/C12H10N4O.2ClH/c13-16-12-14-6-5-9(15-12)11-7-8-3-1-2-4-10(8)17-11;;/h1-7H,13H2,(H,14,15,16);2*1H. The Balaban J connectivity index is 0.000000902. The molecular formula is C12H12Cl2N4O. The molecule has 0 aliphatic carbocycles. The van der Waals surface area contributed by atoms with Crippen LogP contribution in [-0.4, -0.2) is 9.97 Å². The van der Waals surface area contributed by atoms with E-state index in [2.05, 4.69) is 15.4 Å². The largest absolute Gasteiger partial charge is 0.454 e. The van der Waals surface area contributed by atoms with E-state index < -0.39 is 0 Å². The molecule has 1 aromatic carbocycles. The van der Waals surface area contributed by atoms with Crippen LogP contribution in [-0.2, 0) is 0 Å². The van der Waals surface area contributed by atoms with Crippen LogP contribution in [0, 0.1) is 0 Å². The van der Waals surface area contributed by atoms with Gasteiger partial charge in [-0.25, -0.2) is 15.8 Å². The smallest absolute Gasteiger partial charge is 0.237 e. The Morgan fingerprint density at radius 3 is 2.63 bits per heavy atom. The maximum absolute atomic E-state index is 5.69. The van der Waals surface area contributed by atoms with Crippen molar-refractivity contribution in [1.82, 2.24) is 9.97 Å². The van der Waals surface area contributed by atoms with E-state index in [0.29, 0.717) is 17.4 Å². The third-order valence-electron chi connectivity index (χ3n) is 2.46. The number of halogens is 2. The van der Waals surface area contributed by atoms with Gasteiger partial charge in [-0.3, -0.25) is 5.43 Å². The molecule has 0 aliphatic rings. The lowest BCUT2D eigenvalue weighted by atomic mass is 10.2. The van der Waals surface area contributed by atoms with E-state index in [1.54, 1.807) is 12.3 Å². The minimum absolute atomic E-state index is 0. The molecule has 3 aromatic rings. The van der Waals surface area contributed by atoms with Crippen molar-refractivity contribution in [2.75, 3.05) is 5.43 Å². The first-order valence-corrected chi connectivity index (χ1v) is 5.15. The zero-order valence-corrected chi connectivity index (χ0v) is 11.4. The lowest BCUT2D eigenvalue weighted by Gasteiger charge is -1.99. The molecule has 0 spiro atoms. The van der Waals surface area contributed by atoms with Gasteiger partial charge in [0.25, 0.3) is 0 Å². The van der Waals surface area contributed by atoms with Gasteiger partial charge in [0.15, 0.2) is 5.76 Å². The normalized spacial score (nSPS) is 9.53. The van der Waals surface area contributed by atoms with Gasteiger partial charge in [0, 0.05) is 11.6 Å². The third-order valence-corrected chi connectivity index (χ3v) is 2.46. The molecule has 0 saturated carbocycles. The Hall–Kier alpha value is -1.82. The first-order chi connectivity index (χ1) is 8.36. The lowest BCUT2D eigenvalue weighted by molar-refractivity contribution is 0.628. The average Bonchev–Trinajstić information content (AvgIpc) is 2.82. The topological polar surface area (TPSA) is 77.0 Å². The number of fused-ring (bicyclic) bond motifs is 1. The Kier molecular flexibility index (Phi) is 5.11. The van der Waals surface area contributed by atoms with Gasteiger partial charge in [-0.15, -0.1) is 24.8 Å². The number of nitrogens with two attached hydrogens (primary N) is 1. The summed E-state index contributed by atoms with van der Waals surface area (Å²) < 4.78 is 5.69. The molecule has 0 saturated heterocycles. The van der Waals surface area contributed by atoms with Crippen molar-refractivity contribution in [3.05, 3.63) is 42.6 Å². The summed E-state index contributed by atoms with van der Waals surface area (Å²) in [6, 6.07) is 11.5. The number of nitrogen functional groups attached to an aromatic ring is 1. The summed E-state index contributed by atoms with van der Waals surface area (Å²) in [4.78, 5) is 8.16. The number of anilines is 1. The first-order valence-electron chi connectivity index (χ1n) is 5.15. The van der Waals surface area contributed by atoms with Gasteiger partial charge in [0.2, 0.25) is 5.95 Å². The van der Waals surface area contributed by atoms with Crippen LogP contribution in [0.25, 0.3) is 22.4 Å². The summed E-state index contributed by atoms with van der Waals surface area (Å²) in [5.41, 5.74) is 3.94. The fourth-order valence-electron chi connectivity index (χ4n) is 1.67. The molecule has 0 unspecified atom stereocenters. The van der Waals surface area contributed by atoms with E-state index in [4.69, 9.17) is 10.3 Å². The number of benzene rings is 1. The molecule has 0 bridgehead atoms. The summed E-state index contributed by atoms with van der Waals surface area (Å²) in [5.74, 6) is 6.33. The summed E-state index contributed by atoms with van der Waals surface area (Å²) in [6.45, 7) is 0. The molecular weight excluding hydrogens is 287 g/mol. The minimum Gasteiger partial charge on any atom is -0.454 e. The van der Waals surface area contributed by atoms with Crippen LogP contribution >= 0.6 is 24.8 Å². The molecule has 3 rings (SSSR count). The summed E-state index contributed by atoms with van der Waals surface area (Å²) >= 11 is 0. The number of hydrogen-bond donors (Lipinski definition) is 2.